The molecule has 1 fully saturated rings. The molecule has 4 rings (SSSR count). The Labute approximate surface area is 206 Å². The van der Waals surface area contributed by atoms with Crippen molar-refractivity contribution in [2.24, 2.45) is 0 Å². The van der Waals surface area contributed by atoms with E-state index in [0.29, 0.717) is 13.2 Å². The minimum Gasteiger partial charge on any atom is -0.376 e. The van der Waals surface area contributed by atoms with E-state index in [1.807, 2.05) is 69.3 Å². The molecule has 1 N–H and O–H groups in total. The van der Waals surface area contributed by atoms with E-state index in [9.17, 15) is 9.59 Å². The van der Waals surface area contributed by atoms with Crippen molar-refractivity contribution in [3.05, 3.63) is 59.7 Å². The van der Waals surface area contributed by atoms with Crippen LogP contribution >= 0.6 is 0 Å². The first-order chi connectivity index (χ1) is 16.7. The van der Waals surface area contributed by atoms with Gasteiger partial charge in [0.05, 0.1) is 11.6 Å². The predicted octanol–water partition coefficient (Wildman–Crippen LogP) is 3.66. The zero-order valence-corrected chi connectivity index (χ0v) is 21.0. The molecule has 186 valence electrons. The number of nitrogens with one attached hydrogen (secondary N) is 1. The molecule has 8 heteroatoms. The van der Waals surface area contributed by atoms with Crippen molar-refractivity contribution in [3.8, 4) is 0 Å². The van der Waals surface area contributed by atoms with Gasteiger partial charge in [-0.15, -0.1) is 5.10 Å². The Balaban J connectivity index is 1.71. The third-order valence-electron chi connectivity index (χ3n) is 6.21. The van der Waals surface area contributed by atoms with Gasteiger partial charge < -0.3 is 15.0 Å². The third-order valence-corrected chi connectivity index (χ3v) is 6.21. The Morgan fingerprint density at radius 3 is 2.57 bits per heavy atom. The number of carbonyl (C=O) groups is 2. The monoisotopic (exact) mass is 477 g/mol. The standard InChI is InChI=1S/C27H35N5O3/c1-5-19-12-14-20(15-13-19)25(26(34)28-27(2,3)4)31(17-21-9-8-16-35-21)24(33)18-32-23-11-7-6-10-22(23)29-30-32/h6-7,10-15,21,25H,5,8-9,16-18H2,1-4H3,(H,28,34)/t21-,25-/m1/s1. The summed E-state index contributed by atoms with van der Waals surface area (Å²) in [6, 6.07) is 14.7. The smallest absolute Gasteiger partial charge is 0.247 e. The van der Waals surface area contributed by atoms with Crippen LogP contribution in [0.4, 0.5) is 0 Å². The van der Waals surface area contributed by atoms with E-state index in [-0.39, 0.29) is 24.5 Å². The van der Waals surface area contributed by atoms with Crippen molar-refractivity contribution in [3.63, 3.8) is 0 Å². The second-order valence-electron chi connectivity index (χ2n) is 10.2. The molecule has 1 aromatic heterocycles. The zero-order chi connectivity index (χ0) is 25.0. The number of carbonyl (C=O) groups excluding carboxylic acids is 2. The Morgan fingerprint density at radius 2 is 1.91 bits per heavy atom. The van der Waals surface area contributed by atoms with Crippen molar-refractivity contribution in [1.29, 1.82) is 0 Å². The fourth-order valence-electron chi connectivity index (χ4n) is 4.46. The lowest BCUT2D eigenvalue weighted by Gasteiger charge is -2.35. The highest BCUT2D eigenvalue weighted by Crippen LogP contribution is 2.26. The minimum absolute atomic E-state index is 0.0143. The maximum absolute atomic E-state index is 13.9. The molecule has 1 aliphatic rings. The summed E-state index contributed by atoms with van der Waals surface area (Å²) in [7, 11) is 0. The van der Waals surface area contributed by atoms with Gasteiger partial charge in [0.1, 0.15) is 18.1 Å². The van der Waals surface area contributed by atoms with Crippen molar-refractivity contribution in [1.82, 2.24) is 25.2 Å². The molecular formula is C27H35N5O3. The van der Waals surface area contributed by atoms with E-state index in [1.165, 1.54) is 5.56 Å². The van der Waals surface area contributed by atoms with Crippen molar-refractivity contribution >= 4 is 22.8 Å². The van der Waals surface area contributed by atoms with Crippen LogP contribution in [-0.4, -0.2) is 56.5 Å². The van der Waals surface area contributed by atoms with Gasteiger partial charge in [0.2, 0.25) is 11.8 Å². The fourth-order valence-corrected chi connectivity index (χ4v) is 4.46. The summed E-state index contributed by atoms with van der Waals surface area (Å²) in [5, 5.41) is 11.5. The SMILES string of the molecule is CCc1ccc([C@H](C(=O)NC(C)(C)C)N(C[C@H]2CCCO2)C(=O)Cn2nnc3ccccc32)cc1. The largest absolute Gasteiger partial charge is 0.376 e. The molecule has 1 saturated heterocycles. The number of ether oxygens (including phenoxy) is 1. The molecule has 0 radical (unpaired) electrons. The average Bonchev–Trinajstić information content (AvgIpc) is 3.48. The Morgan fingerprint density at radius 1 is 1.17 bits per heavy atom. The maximum Gasteiger partial charge on any atom is 0.247 e. The fraction of sp³-hybridized carbons (Fsp3) is 0.481. The first kappa shape index (κ1) is 24.9. The first-order valence-corrected chi connectivity index (χ1v) is 12.4. The predicted molar refractivity (Wildman–Crippen MR) is 135 cm³/mol. The topological polar surface area (TPSA) is 89.4 Å². The molecule has 0 bridgehead atoms. The maximum atomic E-state index is 13.9. The lowest BCUT2D eigenvalue weighted by Crippen LogP contribution is -2.51. The number of hydrogen-bond donors (Lipinski definition) is 1. The Hall–Kier alpha value is -3.26. The Kier molecular flexibility index (Phi) is 7.50. The summed E-state index contributed by atoms with van der Waals surface area (Å²) in [6.07, 6.45) is 2.60. The number of benzene rings is 2. The van der Waals surface area contributed by atoms with Crippen LogP contribution in [0.2, 0.25) is 0 Å². The number of hydrogen-bond acceptors (Lipinski definition) is 5. The van der Waals surface area contributed by atoms with Crippen LogP contribution in [0.15, 0.2) is 48.5 Å². The van der Waals surface area contributed by atoms with Crippen LogP contribution in [0.25, 0.3) is 11.0 Å². The number of fused-ring (bicyclic) bond motifs is 1. The molecule has 8 nitrogen and oxygen atoms in total. The van der Waals surface area contributed by atoms with Gasteiger partial charge in [-0.2, -0.15) is 0 Å². The summed E-state index contributed by atoms with van der Waals surface area (Å²) in [6.45, 7) is 8.91. The molecule has 2 aromatic carbocycles. The minimum atomic E-state index is -0.786. The highest BCUT2D eigenvalue weighted by Gasteiger charge is 2.35. The van der Waals surface area contributed by atoms with Gasteiger partial charge >= 0.3 is 0 Å². The summed E-state index contributed by atoms with van der Waals surface area (Å²) in [5.74, 6) is -0.415. The average molecular weight is 478 g/mol. The van der Waals surface area contributed by atoms with Gasteiger partial charge in [0.15, 0.2) is 0 Å². The molecule has 0 spiro atoms. The highest BCUT2D eigenvalue weighted by atomic mass is 16.5. The van der Waals surface area contributed by atoms with Gasteiger partial charge in [-0.3, -0.25) is 9.59 Å². The van der Waals surface area contributed by atoms with Crippen LogP contribution in [-0.2, 0) is 27.3 Å². The second kappa shape index (κ2) is 10.6. The second-order valence-corrected chi connectivity index (χ2v) is 10.2. The molecule has 0 aliphatic carbocycles. The number of para-hydroxylation sites is 1. The molecule has 2 amide bonds. The van der Waals surface area contributed by atoms with E-state index in [4.69, 9.17) is 4.74 Å². The van der Waals surface area contributed by atoms with E-state index in [1.54, 1.807) is 9.58 Å². The van der Waals surface area contributed by atoms with E-state index < -0.39 is 11.6 Å². The summed E-state index contributed by atoms with van der Waals surface area (Å²) < 4.78 is 7.48. The van der Waals surface area contributed by atoms with Crippen molar-refractivity contribution < 1.29 is 14.3 Å². The molecule has 2 heterocycles. The van der Waals surface area contributed by atoms with Crippen LogP contribution in [0.5, 0.6) is 0 Å². The number of aromatic nitrogens is 3. The summed E-state index contributed by atoms with van der Waals surface area (Å²) in [5.41, 5.74) is 3.01. The number of rotatable bonds is 8. The molecule has 2 atom stereocenters. The quantitative estimate of drug-likeness (QED) is 0.535. The van der Waals surface area contributed by atoms with Crippen LogP contribution in [0.3, 0.4) is 0 Å². The summed E-state index contributed by atoms with van der Waals surface area (Å²) >= 11 is 0. The highest BCUT2D eigenvalue weighted by molar-refractivity contribution is 5.89. The molecular weight excluding hydrogens is 442 g/mol. The lowest BCUT2D eigenvalue weighted by molar-refractivity contribution is -0.143. The van der Waals surface area contributed by atoms with Crippen LogP contribution < -0.4 is 5.32 Å². The number of nitrogens with zero attached hydrogens (tertiary/aromatic N) is 4. The molecule has 1 aliphatic heterocycles. The normalized spacial score (nSPS) is 16.9. The van der Waals surface area contributed by atoms with E-state index >= 15 is 0 Å². The molecule has 0 unspecified atom stereocenters. The van der Waals surface area contributed by atoms with E-state index in [0.717, 1.165) is 35.9 Å². The lowest BCUT2D eigenvalue weighted by atomic mass is 9.99. The molecule has 0 saturated carbocycles. The summed E-state index contributed by atoms with van der Waals surface area (Å²) in [4.78, 5) is 29.2. The van der Waals surface area contributed by atoms with Gasteiger partial charge in [0, 0.05) is 18.7 Å². The van der Waals surface area contributed by atoms with Crippen LogP contribution in [0.1, 0.15) is 57.7 Å². The van der Waals surface area contributed by atoms with Crippen molar-refractivity contribution in [2.75, 3.05) is 13.2 Å². The van der Waals surface area contributed by atoms with Gasteiger partial charge in [0.25, 0.3) is 0 Å². The van der Waals surface area contributed by atoms with Gasteiger partial charge in [-0.1, -0.05) is 48.5 Å². The van der Waals surface area contributed by atoms with Crippen LogP contribution in [0, 0.1) is 0 Å². The Bertz CT molecular complexity index is 1160. The van der Waals surface area contributed by atoms with Gasteiger partial charge in [-0.05, 0) is 63.3 Å². The van der Waals surface area contributed by atoms with E-state index in [2.05, 4.69) is 22.6 Å². The zero-order valence-electron chi connectivity index (χ0n) is 21.0. The first-order valence-electron chi connectivity index (χ1n) is 12.4. The van der Waals surface area contributed by atoms with Crippen molar-refractivity contribution in [2.45, 2.75) is 71.2 Å². The molecule has 3 aromatic rings. The number of amides is 2. The van der Waals surface area contributed by atoms with Gasteiger partial charge in [-0.25, -0.2) is 4.68 Å². The molecule has 35 heavy (non-hydrogen) atoms. The third kappa shape index (κ3) is 6.06. The number of aryl methyl sites for hydroxylation is 1.